The Morgan fingerprint density at radius 3 is 2.42 bits per heavy atom. The van der Waals surface area contributed by atoms with E-state index in [-0.39, 0.29) is 34.4 Å². The Labute approximate surface area is 202 Å². The molecule has 0 aromatic heterocycles. The third-order valence-electron chi connectivity index (χ3n) is 12.1. The molecule has 0 unspecified atom stereocenters. The summed E-state index contributed by atoms with van der Waals surface area (Å²) in [6.45, 7) is 16.5. The van der Waals surface area contributed by atoms with Gasteiger partial charge in [-0.05, 0) is 105 Å². The number of rotatable bonds is 2. The zero-order valence-corrected chi connectivity index (χ0v) is 22.2. The summed E-state index contributed by atoms with van der Waals surface area (Å²) >= 11 is 0. The SMILES string of the molecule is CC(C)=C[C@H]1C[C@@H]([C@@H]2CC[C@]3(C)C4=CC[C@@H]5C(C)(C)[C@H](O)CC[C@]5(C)[C@H]4CC[C@@]23C)[C@H](O)O1. The zero-order valence-electron chi connectivity index (χ0n) is 22.2. The smallest absolute Gasteiger partial charge is 0.158 e. The molecule has 0 spiro atoms. The first-order chi connectivity index (χ1) is 15.3. The molecule has 5 rings (SSSR count). The standard InChI is InChI=1S/C30H48O3/c1-18(2)16-19-17-20(26(32)33-19)21-10-14-30(7)23-8-9-24-27(3,4)25(31)12-13-28(24,5)22(23)11-15-29(21,30)6/h8,16,19-22,24-26,31-32H,9-15,17H2,1-7H3/t19-,20-,21-,22-,24+,25+,26+,28+,29-,30+/m0/s1. The minimum absolute atomic E-state index is 0.0138. The van der Waals surface area contributed by atoms with Gasteiger partial charge in [0.25, 0.3) is 0 Å². The van der Waals surface area contributed by atoms with E-state index in [1.54, 1.807) is 5.57 Å². The van der Waals surface area contributed by atoms with Crippen molar-refractivity contribution in [1.29, 1.82) is 0 Å². The van der Waals surface area contributed by atoms with E-state index < -0.39 is 6.29 Å². The summed E-state index contributed by atoms with van der Waals surface area (Å²) in [5.74, 6) is 1.96. The van der Waals surface area contributed by atoms with Gasteiger partial charge in [0.05, 0.1) is 12.2 Å². The summed E-state index contributed by atoms with van der Waals surface area (Å²) in [4.78, 5) is 0. The maximum Gasteiger partial charge on any atom is 0.158 e. The van der Waals surface area contributed by atoms with Gasteiger partial charge in [0, 0.05) is 5.92 Å². The molecule has 0 aromatic carbocycles. The van der Waals surface area contributed by atoms with E-state index in [1.165, 1.54) is 31.3 Å². The fraction of sp³-hybridized carbons (Fsp3) is 0.867. The van der Waals surface area contributed by atoms with Crippen LogP contribution in [0.25, 0.3) is 0 Å². The molecular formula is C30H48O3. The van der Waals surface area contributed by atoms with Crippen molar-refractivity contribution in [3.05, 3.63) is 23.3 Å². The van der Waals surface area contributed by atoms with Crippen LogP contribution < -0.4 is 0 Å². The summed E-state index contributed by atoms with van der Waals surface area (Å²) in [5.41, 5.74) is 3.71. The van der Waals surface area contributed by atoms with E-state index in [4.69, 9.17) is 4.74 Å². The molecule has 0 amide bonds. The van der Waals surface area contributed by atoms with Crippen molar-refractivity contribution in [3.63, 3.8) is 0 Å². The van der Waals surface area contributed by atoms with Gasteiger partial charge in [0.1, 0.15) is 0 Å². The summed E-state index contributed by atoms with van der Waals surface area (Å²) in [5, 5.41) is 21.8. The van der Waals surface area contributed by atoms with Crippen LogP contribution in [-0.4, -0.2) is 28.7 Å². The highest BCUT2D eigenvalue weighted by Crippen LogP contribution is 2.73. The second-order valence-electron chi connectivity index (χ2n) is 14.0. The number of hydrogen-bond acceptors (Lipinski definition) is 3. The van der Waals surface area contributed by atoms with Gasteiger partial charge in [-0.3, -0.25) is 0 Å². The predicted molar refractivity (Wildman–Crippen MR) is 133 cm³/mol. The van der Waals surface area contributed by atoms with Gasteiger partial charge in [0.15, 0.2) is 6.29 Å². The Morgan fingerprint density at radius 1 is 1.00 bits per heavy atom. The van der Waals surface area contributed by atoms with Gasteiger partial charge in [-0.1, -0.05) is 57.9 Å². The van der Waals surface area contributed by atoms with Gasteiger partial charge in [0.2, 0.25) is 0 Å². The first-order valence-corrected chi connectivity index (χ1v) is 13.7. The van der Waals surface area contributed by atoms with Gasteiger partial charge >= 0.3 is 0 Å². The number of fused-ring (bicyclic) bond motifs is 5. The van der Waals surface area contributed by atoms with Crippen LogP contribution in [0.3, 0.4) is 0 Å². The van der Waals surface area contributed by atoms with Gasteiger partial charge < -0.3 is 14.9 Å². The van der Waals surface area contributed by atoms with Crippen molar-refractivity contribution in [2.24, 2.45) is 45.3 Å². The molecule has 3 saturated carbocycles. The van der Waals surface area contributed by atoms with Crippen LogP contribution in [0, 0.1) is 45.3 Å². The number of aliphatic hydroxyl groups is 2. The van der Waals surface area contributed by atoms with E-state index in [9.17, 15) is 10.2 Å². The van der Waals surface area contributed by atoms with Gasteiger partial charge in [-0.2, -0.15) is 0 Å². The van der Waals surface area contributed by atoms with Crippen LogP contribution in [0.15, 0.2) is 23.3 Å². The van der Waals surface area contributed by atoms with E-state index in [0.29, 0.717) is 23.2 Å². The molecule has 33 heavy (non-hydrogen) atoms. The Hall–Kier alpha value is -0.640. The zero-order chi connectivity index (χ0) is 24.0. The lowest BCUT2D eigenvalue weighted by Gasteiger charge is -2.64. The Bertz CT molecular complexity index is 853. The van der Waals surface area contributed by atoms with E-state index in [0.717, 1.165) is 25.7 Å². The lowest BCUT2D eigenvalue weighted by Crippen LogP contribution is -2.58. The molecular weight excluding hydrogens is 408 g/mol. The fourth-order valence-electron chi connectivity index (χ4n) is 9.99. The molecule has 10 atom stereocenters. The number of allylic oxidation sites excluding steroid dienone is 3. The Morgan fingerprint density at radius 2 is 1.73 bits per heavy atom. The third-order valence-corrected chi connectivity index (χ3v) is 12.1. The molecule has 4 fully saturated rings. The second-order valence-corrected chi connectivity index (χ2v) is 14.0. The molecule has 1 aliphatic heterocycles. The topological polar surface area (TPSA) is 49.7 Å². The maximum absolute atomic E-state index is 10.9. The molecule has 3 heteroatoms. The quantitative estimate of drug-likeness (QED) is 0.458. The largest absolute Gasteiger partial charge is 0.393 e. The highest BCUT2D eigenvalue weighted by Gasteiger charge is 2.66. The van der Waals surface area contributed by atoms with E-state index >= 15 is 0 Å². The van der Waals surface area contributed by atoms with Crippen LogP contribution >= 0.6 is 0 Å². The normalized spacial score (nSPS) is 53.0. The average molecular weight is 457 g/mol. The van der Waals surface area contributed by atoms with Crippen LogP contribution in [0.2, 0.25) is 0 Å². The molecule has 5 aliphatic rings. The monoisotopic (exact) mass is 456 g/mol. The first kappa shape index (κ1) is 24.1. The third kappa shape index (κ3) is 3.24. The van der Waals surface area contributed by atoms with Crippen molar-refractivity contribution >= 4 is 0 Å². The lowest BCUT2D eigenvalue weighted by atomic mass is 9.41. The van der Waals surface area contributed by atoms with Crippen molar-refractivity contribution in [1.82, 2.24) is 0 Å². The number of aliphatic hydroxyl groups excluding tert-OH is 2. The minimum atomic E-state index is -0.629. The van der Waals surface area contributed by atoms with Crippen LogP contribution in [0.5, 0.6) is 0 Å². The molecule has 186 valence electrons. The average Bonchev–Trinajstić information content (AvgIpc) is 3.20. The van der Waals surface area contributed by atoms with E-state index in [1.807, 2.05) is 0 Å². The number of hydrogen-bond donors (Lipinski definition) is 2. The fourth-order valence-corrected chi connectivity index (χ4v) is 9.99. The molecule has 3 nitrogen and oxygen atoms in total. The Kier molecular flexibility index (Phi) is 5.60. The van der Waals surface area contributed by atoms with Crippen molar-refractivity contribution in [3.8, 4) is 0 Å². The molecule has 1 heterocycles. The van der Waals surface area contributed by atoms with Crippen LogP contribution in [0.4, 0.5) is 0 Å². The predicted octanol–water partition coefficient (Wildman–Crippen LogP) is 6.64. The summed E-state index contributed by atoms with van der Waals surface area (Å²) in [7, 11) is 0. The summed E-state index contributed by atoms with van der Waals surface area (Å²) < 4.78 is 6.02. The van der Waals surface area contributed by atoms with Gasteiger partial charge in [-0.25, -0.2) is 0 Å². The molecule has 1 saturated heterocycles. The highest BCUT2D eigenvalue weighted by atomic mass is 16.6. The lowest BCUT2D eigenvalue weighted by molar-refractivity contribution is -0.140. The summed E-state index contributed by atoms with van der Waals surface area (Å²) in [6, 6.07) is 0. The van der Waals surface area contributed by atoms with Crippen molar-refractivity contribution in [2.45, 2.75) is 118 Å². The first-order valence-electron chi connectivity index (χ1n) is 13.7. The maximum atomic E-state index is 10.9. The van der Waals surface area contributed by atoms with Crippen LogP contribution in [-0.2, 0) is 4.74 Å². The minimum Gasteiger partial charge on any atom is -0.393 e. The molecule has 4 aliphatic carbocycles. The Balaban J connectivity index is 1.46. The molecule has 0 radical (unpaired) electrons. The second kappa shape index (κ2) is 7.68. The molecule has 0 aromatic rings. The van der Waals surface area contributed by atoms with E-state index in [2.05, 4.69) is 60.6 Å². The molecule has 2 N–H and O–H groups in total. The summed E-state index contributed by atoms with van der Waals surface area (Å²) in [6.07, 6.45) is 13.2. The van der Waals surface area contributed by atoms with Crippen LogP contribution in [0.1, 0.15) is 99.8 Å². The van der Waals surface area contributed by atoms with Crippen molar-refractivity contribution < 1.29 is 14.9 Å². The van der Waals surface area contributed by atoms with Gasteiger partial charge in [-0.15, -0.1) is 0 Å². The number of ether oxygens (including phenoxy) is 1. The van der Waals surface area contributed by atoms with Crippen molar-refractivity contribution in [2.75, 3.05) is 0 Å². The highest BCUT2D eigenvalue weighted by molar-refractivity contribution is 5.33. The molecule has 0 bridgehead atoms.